The van der Waals surface area contributed by atoms with Gasteiger partial charge >= 0.3 is 5.97 Å². The maximum absolute atomic E-state index is 12.1. The molecule has 3 rings (SSSR count). The second kappa shape index (κ2) is 10.8. The first-order valence-corrected chi connectivity index (χ1v) is 11.9. The Bertz CT molecular complexity index is 509. The van der Waals surface area contributed by atoms with Crippen LogP contribution in [0.15, 0.2) is 12.2 Å². The summed E-state index contributed by atoms with van der Waals surface area (Å²) in [4.78, 5) is 12.1. The second-order valence-corrected chi connectivity index (χ2v) is 9.06. The third kappa shape index (κ3) is 5.82. The SMILES string of the molecule is CCCCCCCCCCC[C@]1([C@H]2COC3(CCCCC3)O2)CC=CC(=O)O1. The zero-order valence-corrected chi connectivity index (χ0v) is 17.9. The van der Waals surface area contributed by atoms with Gasteiger partial charge in [0.15, 0.2) is 5.79 Å². The van der Waals surface area contributed by atoms with E-state index in [-0.39, 0.29) is 12.1 Å². The number of rotatable bonds is 11. The van der Waals surface area contributed by atoms with Crippen molar-refractivity contribution in [3.63, 3.8) is 0 Å². The molecule has 0 aromatic heterocycles. The van der Waals surface area contributed by atoms with Gasteiger partial charge in [0.2, 0.25) is 0 Å². The van der Waals surface area contributed by atoms with E-state index in [4.69, 9.17) is 14.2 Å². The zero-order chi connectivity index (χ0) is 19.7. The van der Waals surface area contributed by atoms with E-state index < -0.39 is 11.4 Å². The molecule has 2 fully saturated rings. The van der Waals surface area contributed by atoms with Crippen molar-refractivity contribution in [1.82, 2.24) is 0 Å². The molecule has 0 radical (unpaired) electrons. The maximum atomic E-state index is 12.1. The standard InChI is InChI=1S/C24H40O4/c1-2-3-4-5-6-7-8-9-11-16-23(17-14-15-22(25)28-23)21-20-26-24(27-21)18-12-10-13-19-24/h14-15,21H,2-13,16-20H2,1H3/t21-,23-/m1/s1. The summed E-state index contributed by atoms with van der Waals surface area (Å²) in [7, 11) is 0. The zero-order valence-electron chi connectivity index (χ0n) is 17.9. The molecule has 1 spiro atoms. The van der Waals surface area contributed by atoms with Crippen molar-refractivity contribution in [2.45, 2.75) is 127 Å². The lowest BCUT2D eigenvalue weighted by atomic mass is 9.85. The van der Waals surface area contributed by atoms with Crippen molar-refractivity contribution in [1.29, 1.82) is 0 Å². The molecule has 4 heteroatoms. The van der Waals surface area contributed by atoms with Crippen LogP contribution in [0.1, 0.15) is 110 Å². The van der Waals surface area contributed by atoms with Crippen molar-refractivity contribution < 1.29 is 19.0 Å². The van der Waals surface area contributed by atoms with E-state index in [0.29, 0.717) is 6.61 Å². The monoisotopic (exact) mass is 392 g/mol. The third-order valence-electron chi connectivity index (χ3n) is 6.78. The number of carbonyl (C=O) groups is 1. The quantitative estimate of drug-likeness (QED) is 0.309. The molecule has 0 bridgehead atoms. The molecule has 0 N–H and O–H groups in total. The van der Waals surface area contributed by atoms with Crippen LogP contribution in [0.2, 0.25) is 0 Å². The van der Waals surface area contributed by atoms with Crippen molar-refractivity contribution in [3.8, 4) is 0 Å². The van der Waals surface area contributed by atoms with E-state index in [2.05, 4.69) is 6.92 Å². The van der Waals surface area contributed by atoms with Crippen LogP contribution in [0.25, 0.3) is 0 Å². The Labute approximate surface area is 171 Å². The van der Waals surface area contributed by atoms with E-state index in [9.17, 15) is 4.79 Å². The summed E-state index contributed by atoms with van der Waals surface area (Å²) in [6.45, 7) is 2.82. The Morgan fingerprint density at radius 2 is 1.64 bits per heavy atom. The smallest absolute Gasteiger partial charge is 0.331 e. The Balaban J connectivity index is 1.46. The average Bonchev–Trinajstić information content (AvgIpc) is 3.11. The number of unbranched alkanes of at least 4 members (excludes halogenated alkanes) is 8. The molecule has 1 aliphatic carbocycles. The molecular formula is C24H40O4. The van der Waals surface area contributed by atoms with Crippen LogP contribution in [0.3, 0.4) is 0 Å². The number of carbonyl (C=O) groups excluding carboxylic acids is 1. The van der Waals surface area contributed by atoms with Gasteiger partial charge in [-0.1, -0.05) is 70.8 Å². The predicted molar refractivity (Wildman–Crippen MR) is 111 cm³/mol. The Kier molecular flexibility index (Phi) is 8.40. The van der Waals surface area contributed by atoms with Gasteiger partial charge in [0.1, 0.15) is 11.7 Å². The first kappa shape index (κ1) is 21.8. The van der Waals surface area contributed by atoms with Crippen molar-refractivity contribution in [2.24, 2.45) is 0 Å². The van der Waals surface area contributed by atoms with Crippen LogP contribution in [-0.4, -0.2) is 30.1 Å². The van der Waals surface area contributed by atoms with E-state index in [1.807, 2.05) is 6.08 Å². The van der Waals surface area contributed by atoms with Gasteiger partial charge < -0.3 is 14.2 Å². The topological polar surface area (TPSA) is 44.8 Å². The first-order valence-electron chi connectivity index (χ1n) is 11.9. The molecule has 4 nitrogen and oxygen atoms in total. The molecule has 0 amide bonds. The van der Waals surface area contributed by atoms with Gasteiger partial charge in [0.05, 0.1) is 6.61 Å². The molecule has 2 atom stereocenters. The summed E-state index contributed by atoms with van der Waals surface area (Å²) >= 11 is 0. The summed E-state index contributed by atoms with van der Waals surface area (Å²) in [5.74, 6) is -0.641. The molecular weight excluding hydrogens is 352 g/mol. The lowest BCUT2D eigenvalue weighted by molar-refractivity contribution is -0.216. The van der Waals surface area contributed by atoms with Gasteiger partial charge in [-0.2, -0.15) is 0 Å². The van der Waals surface area contributed by atoms with Crippen LogP contribution in [0.4, 0.5) is 0 Å². The fourth-order valence-electron chi connectivity index (χ4n) is 5.04. The maximum Gasteiger partial charge on any atom is 0.331 e. The first-order chi connectivity index (χ1) is 13.7. The van der Waals surface area contributed by atoms with Crippen molar-refractivity contribution in [3.05, 3.63) is 12.2 Å². The molecule has 1 saturated heterocycles. The normalized spacial score (nSPS) is 29.3. The minimum absolute atomic E-state index is 0.131. The van der Waals surface area contributed by atoms with Crippen molar-refractivity contribution in [2.75, 3.05) is 6.61 Å². The van der Waals surface area contributed by atoms with Crippen LogP contribution in [0, 0.1) is 0 Å². The van der Waals surface area contributed by atoms with Gasteiger partial charge in [-0.15, -0.1) is 0 Å². The fourth-order valence-corrected chi connectivity index (χ4v) is 5.04. The van der Waals surface area contributed by atoms with E-state index in [1.54, 1.807) is 6.08 Å². The van der Waals surface area contributed by atoms with Gasteiger partial charge in [-0.3, -0.25) is 0 Å². The van der Waals surface area contributed by atoms with Crippen molar-refractivity contribution >= 4 is 5.97 Å². The summed E-state index contributed by atoms with van der Waals surface area (Å²) in [6.07, 6.45) is 22.2. The Morgan fingerprint density at radius 1 is 0.964 bits per heavy atom. The molecule has 0 aromatic rings. The van der Waals surface area contributed by atoms with Crippen LogP contribution in [0.5, 0.6) is 0 Å². The largest absolute Gasteiger partial charge is 0.453 e. The number of hydrogen-bond acceptors (Lipinski definition) is 4. The molecule has 1 saturated carbocycles. The molecule has 0 unspecified atom stereocenters. The molecule has 3 aliphatic rings. The number of cyclic esters (lactones) is 1. The molecule has 2 heterocycles. The fraction of sp³-hybridized carbons (Fsp3) is 0.875. The summed E-state index contributed by atoms with van der Waals surface area (Å²) < 4.78 is 18.6. The highest BCUT2D eigenvalue weighted by Crippen LogP contribution is 2.44. The molecule has 160 valence electrons. The summed E-state index contributed by atoms with van der Waals surface area (Å²) in [6, 6.07) is 0. The molecule has 0 aromatic carbocycles. The number of hydrogen-bond donors (Lipinski definition) is 0. The van der Waals surface area contributed by atoms with Gasteiger partial charge in [-0.05, 0) is 25.7 Å². The Morgan fingerprint density at radius 3 is 2.32 bits per heavy atom. The van der Waals surface area contributed by atoms with Gasteiger partial charge in [-0.25, -0.2) is 4.79 Å². The Hall–Kier alpha value is -0.870. The number of ether oxygens (including phenoxy) is 3. The minimum Gasteiger partial charge on any atom is -0.453 e. The predicted octanol–water partition coefficient (Wildman–Crippen LogP) is 6.23. The van der Waals surface area contributed by atoms with E-state index in [0.717, 1.165) is 44.9 Å². The lowest BCUT2D eigenvalue weighted by Gasteiger charge is -2.40. The van der Waals surface area contributed by atoms with Crippen LogP contribution < -0.4 is 0 Å². The average molecular weight is 393 g/mol. The number of esters is 1. The third-order valence-corrected chi connectivity index (χ3v) is 6.78. The van der Waals surface area contributed by atoms with E-state index in [1.165, 1.54) is 57.8 Å². The highest BCUT2D eigenvalue weighted by atomic mass is 16.8. The van der Waals surface area contributed by atoms with Gasteiger partial charge in [0.25, 0.3) is 0 Å². The second-order valence-electron chi connectivity index (χ2n) is 9.06. The molecule has 2 aliphatic heterocycles. The minimum atomic E-state index is -0.534. The summed E-state index contributed by atoms with van der Waals surface area (Å²) in [5.41, 5.74) is -0.534. The highest BCUT2D eigenvalue weighted by Gasteiger charge is 2.52. The van der Waals surface area contributed by atoms with Crippen LogP contribution in [-0.2, 0) is 19.0 Å². The lowest BCUT2D eigenvalue weighted by Crippen LogP contribution is -2.49. The van der Waals surface area contributed by atoms with Crippen LogP contribution >= 0.6 is 0 Å². The van der Waals surface area contributed by atoms with Gasteiger partial charge in [0, 0.05) is 25.3 Å². The highest BCUT2D eigenvalue weighted by molar-refractivity contribution is 5.83. The van der Waals surface area contributed by atoms with E-state index >= 15 is 0 Å². The molecule has 28 heavy (non-hydrogen) atoms. The summed E-state index contributed by atoms with van der Waals surface area (Å²) in [5, 5.41) is 0.